The van der Waals surface area contributed by atoms with Crippen molar-refractivity contribution in [3.63, 3.8) is 0 Å². The van der Waals surface area contributed by atoms with Crippen LogP contribution in [0, 0.1) is 11.6 Å². The summed E-state index contributed by atoms with van der Waals surface area (Å²) < 4.78 is 53.0. The molecule has 1 atom stereocenters. The Balaban J connectivity index is 1.86. The van der Waals surface area contributed by atoms with Gasteiger partial charge in [-0.2, -0.15) is 0 Å². The second kappa shape index (κ2) is 11.6. The van der Waals surface area contributed by atoms with E-state index in [1.54, 1.807) is 6.92 Å². The van der Waals surface area contributed by atoms with Gasteiger partial charge in [0, 0.05) is 12.6 Å². The van der Waals surface area contributed by atoms with E-state index in [0.717, 1.165) is 48.7 Å². The molecule has 3 rings (SSSR count). The maximum absolute atomic E-state index is 13.8. The number of carbonyl (C=O) groups is 2. The molecule has 1 aliphatic rings. The molecule has 0 heterocycles. The van der Waals surface area contributed by atoms with Crippen LogP contribution < -0.4 is 9.62 Å². The first-order valence-corrected chi connectivity index (χ1v) is 13.5. The zero-order valence-electron chi connectivity index (χ0n) is 19.9. The third kappa shape index (κ3) is 7.48. The third-order valence-electron chi connectivity index (χ3n) is 6.16. The molecule has 35 heavy (non-hydrogen) atoms. The molecule has 0 saturated heterocycles. The Kier molecular flexibility index (Phi) is 8.82. The lowest BCUT2D eigenvalue weighted by Crippen LogP contribution is -2.53. The van der Waals surface area contributed by atoms with E-state index in [0.29, 0.717) is 5.56 Å². The Hall–Kier alpha value is -3.01. The molecule has 1 fully saturated rings. The molecule has 1 aliphatic carbocycles. The Morgan fingerprint density at radius 2 is 1.69 bits per heavy atom. The third-order valence-corrected chi connectivity index (χ3v) is 7.30. The molecule has 1 N–H and O–H groups in total. The monoisotopic (exact) mass is 507 g/mol. The van der Waals surface area contributed by atoms with E-state index in [1.165, 1.54) is 47.4 Å². The van der Waals surface area contributed by atoms with Gasteiger partial charge in [0.1, 0.15) is 24.2 Å². The number of halogens is 2. The largest absolute Gasteiger partial charge is 0.352 e. The Morgan fingerprint density at radius 3 is 2.29 bits per heavy atom. The molecule has 1 saturated carbocycles. The van der Waals surface area contributed by atoms with Gasteiger partial charge >= 0.3 is 0 Å². The highest BCUT2D eigenvalue weighted by Gasteiger charge is 2.31. The molecule has 0 spiro atoms. The maximum atomic E-state index is 13.8. The number of hydrogen-bond acceptors (Lipinski definition) is 4. The number of amides is 2. The first-order valence-electron chi connectivity index (χ1n) is 11.6. The van der Waals surface area contributed by atoms with E-state index in [9.17, 15) is 26.8 Å². The van der Waals surface area contributed by atoms with Crippen molar-refractivity contribution in [3.05, 3.63) is 65.7 Å². The van der Waals surface area contributed by atoms with E-state index in [4.69, 9.17) is 0 Å². The maximum Gasteiger partial charge on any atom is 0.244 e. The van der Waals surface area contributed by atoms with Crippen LogP contribution in [0.5, 0.6) is 0 Å². The van der Waals surface area contributed by atoms with Crippen molar-refractivity contribution in [2.24, 2.45) is 0 Å². The highest BCUT2D eigenvalue weighted by molar-refractivity contribution is 7.92. The predicted molar refractivity (Wildman–Crippen MR) is 130 cm³/mol. The number of sulfonamides is 1. The van der Waals surface area contributed by atoms with Gasteiger partial charge in [0.05, 0.1) is 11.9 Å². The first-order chi connectivity index (χ1) is 16.5. The van der Waals surface area contributed by atoms with Crippen LogP contribution in [0.15, 0.2) is 48.5 Å². The summed E-state index contributed by atoms with van der Waals surface area (Å²) in [4.78, 5) is 27.8. The second-order valence-corrected chi connectivity index (χ2v) is 10.8. The molecular weight excluding hydrogens is 476 g/mol. The average molecular weight is 508 g/mol. The van der Waals surface area contributed by atoms with Gasteiger partial charge in [0.2, 0.25) is 21.8 Å². The topological polar surface area (TPSA) is 86.8 Å². The van der Waals surface area contributed by atoms with Gasteiger partial charge < -0.3 is 10.2 Å². The Labute approximate surface area is 205 Å². The van der Waals surface area contributed by atoms with E-state index >= 15 is 0 Å². The SMILES string of the molecule is C[C@@H](C(=O)NC1CCCCC1)N(Cc1ccc(F)cc1)C(=O)CN(c1cccc(F)c1)S(C)(=O)=O. The van der Waals surface area contributed by atoms with Crippen LogP contribution >= 0.6 is 0 Å². The van der Waals surface area contributed by atoms with Crippen molar-refractivity contribution in [2.45, 2.75) is 57.7 Å². The fourth-order valence-corrected chi connectivity index (χ4v) is 5.02. The molecule has 0 unspecified atom stereocenters. The molecule has 2 aromatic carbocycles. The van der Waals surface area contributed by atoms with Crippen molar-refractivity contribution in [2.75, 3.05) is 17.1 Å². The van der Waals surface area contributed by atoms with Crippen LogP contribution in [0.4, 0.5) is 14.5 Å². The number of anilines is 1. The molecule has 10 heteroatoms. The highest BCUT2D eigenvalue weighted by atomic mass is 32.2. The molecule has 190 valence electrons. The summed E-state index contributed by atoms with van der Waals surface area (Å²) >= 11 is 0. The van der Waals surface area contributed by atoms with Crippen molar-refractivity contribution in [1.29, 1.82) is 0 Å². The first kappa shape index (κ1) is 26.6. The molecule has 0 radical (unpaired) electrons. The predicted octanol–water partition coefficient (Wildman–Crippen LogP) is 3.60. The van der Waals surface area contributed by atoms with Crippen molar-refractivity contribution in [1.82, 2.24) is 10.2 Å². The quantitative estimate of drug-likeness (QED) is 0.562. The van der Waals surface area contributed by atoms with Crippen molar-refractivity contribution >= 4 is 27.5 Å². The number of carbonyl (C=O) groups excluding carboxylic acids is 2. The van der Waals surface area contributed by atoms with E-state index in [-0.39, 0.29) is 24.2 Å². The number of nitrogens with one attached hydrogen (secondary N) is 1. The van der Waals surface area contributed by atoms with Gasteiger partial charge in [0.25, 0.3) is 0 Å². The summed E-state index contributed by atoms with van der Waals surface area (Å²) in [7, 11) is -3.94. The van der Waals surface area contributed by atoms with Crippen LogP contribution in [0.2, 0.25) is 0 Å². The highest BCUT2D eigenvalue weighted by Crippen LogP contribution is 2.21. The van der Waals surface area contributed by atoms with E-state index in [2.05, 4.69) is 5.32 Å². The minimum absolute atomic E-state index is 0.00175. The summed E-state index contributed by atoms with van der Waals surface area (Å²) in [5.41, 5.74) is 0.579. The van der Waals surface area contributed by atoms with Crippen LogP contribution in [-0.2, 0) is 26.2 Å². The number of benzene rings is 2. The smallest absolute Gasteiger partial charge is 0.244 e. The summed E-state index contributed by atoms with van der Waals surface area (Å²) in [5, 5.41) is 3.00. The summed E-state index contributed by atoms with van der Waals surface area (Å²) in [5.74, 6) is -2.07. The van der Waals surface area contributed by atoms with Gasteiger partial charge in [-0.3, -0.25) is 13.9 Å². The molecular formula is C25H31F2N3O4S. The average Bonchev–Trinajstić information content (AvgIpc) is 2.81. The van der Waals surface area contributed by atoms with Crippen LogP contribution in [-0.4, -0.2) is 50.0 Å². The molecule has 0 bridgehead atoms. The molecule has 7 nitrogen and oxygen atoms in total. The fraction of sp³-hybridized carbons (Fsp3) is 0.440. The van der Waals surface area contributed by atoms with Gasteiger partial charge in [-0.1, -0.05) is 37.5 Å². The lowest BCUT2D eigenvalue weighted by molar-refractivity contribution is -0.139. The van der Waals surface area contributed by atoms with Crippen molar-refractivity contribution in [3.8, 4) is 0 Å². The van der Waals surface area contributed by atoms with Gasteiger partial charge in [-0.15, -0.1) is 0 Å². The minimum Gasteiger partial charge on any atom is -0.352 e. The summed E-state index contributed by atoms with van der Waals surface area (Å²) in [6, 6.07) is 9.56. The van der Waals surface area contributed by atoms with Crippen molar-refractivity contribution < 1.29 is 26.8 Å². The molecule has 2 aromatic rings. The number of nitrogens with zero attached hydrogens (tertiary/aromatic N) is 2. The second-order valence-electron chi connectivity index (χ2n) is 8.92. The molecule has 0 aliphatic heterocycles. The Bertz CT molecular complexity index is 1140. The fourth-order valence-electron chi connectivity index (χ4n) is 4.18. The van der Waals surface area contributed by atoms with Gasteiger partial charge in [0.15, 0.2) is 0 Å². The zero-order valence-corrected chi connectivity index (χ0v) is 20.7. The summed E-state index contributed by atoms with van der Waals surface area (Å²) in [6.07, 6.45) is 5.83. The van der Waals surface area contributed by atoms with E-state index < -0.39 is 40.2 Å². The van der Waals surface area contributed by atoms with E-state index in [1.807, 2.05) is 0 Å². The van der Waals surface area contributed by atoms with Crippen LogP contribution in [0.3, 0.4) is 0 Å². The summed E-state index contributed by atoms with van der Waals surface area (Å²) in [6.45, 7) is 0.927. The van der Waals surface area contributed by atoms with Crippen LogP contribution in [0.1, 0.15) is 44.6 Å². The molecule has 0 aromatic heterocycles. The minimum atomic E-state index is -3.94. The molecule has 2 amide bonds. The normalized spacial score (nSPS) is 15.3. The van der Waals surface area contributed by atoms with Crippen LogP contribution in [0.25, 0.3) is 0 Å². The Morgan fingerprint density at radius 1 is 1.03 bits per heavy atom. The lowest BCUT2D eigenvalue weighted by atomic mass is 9.95. The standard InChI is InChI=1S/C25H31F2N3O4S/c1-18(25(32)28-22-8-4-3-5-9-22)29(16-19-11-13-20(26)14-12-19)24(31)17-30(35(2,33)34)23-10-6-7-21(27)15-23/h6-7,10-15,18,22H,3-5,8-9,16-17H2,1-2H3,(H,28,32)/t18-/m0/s1. The lowest BCUT2D eigenvalue weighted by Gasteiger charge is -2.33. The zero-order chi connectivity index (χ0) is 25.6. The number of hydrogen-bond donors (Lipinski definition) is 1. The van der Waals surface area contributed by atoms with Gasteiger partial charge in [-0.25, -0.2) is 17.2 Å². The van der Waals surface area contributed by atoms with Gasteiger partial charge in [-0.05, 0) is 55.7 Å². The number of rotatable bonds is 9.